The van der Waals surface area contributed by atoms with Gasteiger partial charge in [-0.15, -0.1) is 10.2 Å². The van der Waals surface area contributed by atoms with Crippen LogP contribution in [0.2, 0.25) is 0 Å². The molecule has 0 amide bonds. The van der Waals surface area contributed by atoms with Crippen molar-refractivity contribution in [3.8, 4) is 23.0 Å². The number of hydrogen-bond acceptors (Lipinski definition) is 8. The minimum atomic E-state index is 0.144. The van der Waals surface area contributed by atoms with Crippen molar-refractivity contribution in [3.63, 3.8) is 0 Å². The Morgan fingerprint density at radius 2 is 1.87 bits per heavy atom. The molecule has 6 rings (SSSR count). The van der Waals surface area contributed by atoms with E-state index in [9.17, 15) is 0 Å². The molecule has 1 fully saturated rings. The maximum Gasteiger partial charge on any atom is 0.237 e. The smallest absolute Gasteiger partial charge is 0.237 e. The van der Waals surface area contributed by atoms with E-state index < -0.39 is 0 Å². The largest absolute Gasteiger partial charge is 0.341 e. The highest BCUT2D eigenvalue weighted by Gasteiger charge is 2.38. The van der Waals surface area contributed by atoms with Gasteiger partial charge in [0.2, 0.25) is 5.95 Å². The highest BCUT2D eigenvalue weighted by atomic mass is 15.4. The first-order valence-electron chi connectivity index (χ1n) is 10.7. The van der Waals surface area contributed by atoms with Crippen molar-refractivity contribution >= 4 is 5.82 Å². The zero-order chi connectivity index (χ0) is 20.8. The van der Waals surface area contributed by atoms with Crippen molar-refractivity contribution in [1.82, 2.24) is 44.3 Å². The predicted octanol–water partition coefficient (Wildman–Crippen LogP) is 2.91. The van der Waals surface area contributed by atoms with Gasteiger partial charge in [0.1, 0.15) is 24.2 Å². The summed E-state index contributed by atoms with van der Waals surface area (Å²) < 4.78 is 3.91. The summed E-state index contributed by atoms with van der Waals surface area (Å²) in [5.41, 5.74) is 1.74. The van der Waals surface area contributed by atoms with E-state index in [4.69, 9.17) is 4.98 Å². The molecule has 156 valence electrons. The van der Waals surface area contributed by atoms with Gasteiger partial charge in [-0.05, 0) is 19.3 Å². The lowest BCUT2D eigenvalue weighted by atomic mass is 10.0. The van der Waals surface area contributed by atoms with Crippen molar-refractivity contribution in [2.45, 2.75) is 51.1 Å². The van der Waals surface area contributed by atoms with E-state index in [-0.39, 0.29) is 6.04 Å². The summed E-state index contributed by atoms with van der Waals surface area (Å²) in [4.78, 5) is 24.9. The molecule has 0 aromatic carbocycles. The van der Waals surface area contributed by atoms with Gasteiger partial charge in [0.05, 0.1) is 17.8 Å². The lowest BCUT2D eigenvalue weighted by molar-refractivity contribution is 0.468. The number of imidazole rings is 1. The van der Waals surface area contributed by atoms with Gasteiger partial charge in [-0.3, -0.25) is 9.13 Å². The van der Waals surface area contributed by atoms with Crippen LogP contribution in [0.4, 0.5) is 5.82 Å². The lowest BCUT2D eigenvalue weighted by Gasteiger charge is -2.40. The highest BCUT2D eigenvalue weighted by Crippen LogP contribution is 2.42. The van der Waals surface area contributed by atoms with Crippen LogP contribution in [0.15, 0.2) is 43.6 Å². The molecule has 0 radical (unpaired) electrons. The van der Waals surface area contributed by atoms with Gasteiger partial charge in [0.25, 0.3) is 0 Å². The third kappa shape index (κ3) is 2.82. The van der Waals surface area contributed by atoms with Gasteiger partial charge in [-0.25, -0.2) is 19.9 Å². The van der Waals surface area contributed by atoms with Gasteiger partial charge in [-0.2, -0.15) is 4.98 Å². The molecule has 4 aromatic heterocycles. The Bertz CT molecular complexity index is 1210. The summed E-state index contributed by atoms with van der Waals surface area (Å²) in [6.07, 6.45) is 18.0. The molecule has 1 unspecified atom stereocenters. The molecule has 4 aromatic rings. The second-order valence-corrected chi connectivity index (χ2v) is 7.96. The number of anilines is 1. The van der Waals surface area contributed by atoms with Crippen LogP contribution in [0.5, 0.6) is 0 Å². The quantitative estimate of drug-likeness (QED) is 0.502. The normalized spacial score (nSPS) is 18.2. The van der Waals surface area contributed by atoms with Crippen LogP contribution in [0.1, 0.15) is 50.9 Å². The second kappa shape index (κ2) is 7.22. The van der Waals surface area contributed by atoms with Crippen molar-refractivity contribution in [3.05, 3.63) is 49.5 Å². The minimum absolute atomic E-state index is 0.144. The lowest BCUT2D eigenvalue weighted by Crippen LogP contribution is -2.42. The Balaban J connectivity index is 1.51. The molecule has 1 aliphatic carbocycles. The Morgan fingerprint density at radius 1 is 1.03 bits per heavy atom. The first-order chi connectivity index (χ1) is 15.3. The number of hydrogen-bond donors (Lipinski definition) is 0. The van der Waals surface area contributed by atoms with Crippen molar-refractivity contribution in [1.29, 1.82) is 0 Å². The average molecular weight is 414 g/mol. The summed E-state index contributed by atoms with van der Waals surface area (Å²) in [7, 11) is 0. The molecule has 0 bridgehead atoms. The Kier molecular flexibility index (Phi) is 4.22. The Morgan fingerprint density at radius 3 is 2.68 bits per heavy atom. The molecule has 1 aliphatic heterocycles. The van der Waals surface area contributed by atoms with Crippen LogP contribution in [0.3, 0.4) is 0 Å². The maximum atomic E-state index is 5.07. The van der Waals surface area contributed by atoms with E-state index in [1.54, 1.807) is 24.9 Å². The van der Waals surface area contributed by atoms with E-state index in [1.807, 2.05) is 21.5 Å². The predicted molar refractivity (Wildman–Crippen MR) is 113 cm³/mol. The Labute approximate surface area is 179 Å². The van der Waals surface area contributed by atoms with Crippen LogP contribution in [-0.4, -0.2) is 50.3 Å². The van der Waals surface area contributed by atoms with Crippen LogP contribution in [-0.2, 0) is 0 Å². The van der Waals surface area contributed by atoms with Gasteiger partial charge in [0, 0.05) is 30.8 Å². The summed E-state index contributed by atoms with van der Waals surface area (Å²) >= 11 is 0. The number of aromatic nitrogens is 9. The molecule has 0 spiro atoms. The third-order valence-electron chi connectivity index (χ3n) is 6.23. The maximum absolute atomic E-state index is 5.07. The van der Waals surface area contributed by atoms with Crippen LogP contribution < -0.4 is 4.90 Å². The molecule has 31 heavy (non-hydrogen) atoms. The fourth-order valence-corrected chi connectivity index (χ4v) is 4.84. The van der Waals surface area contributed by atoms with Crippen molar-refractivity contribution < 1.29 is 0 Å². The number of rotatable bonds is 4. The van der Waals surface area contributed by atoms with Gasteiger partial charge < -0.3 is 4.90 Å². The van der Waals surface area contributed by atoms with E-state index in [0.717, 1.165) is 29.3 Å². The molecule has 10 nitrogen and oxygen atoms in total. The van der Waals surface area contributed by atoms with Crippen molar-refractivity contribution in [2.75, 3.05) is 4.90 Å². The van der Waals surface area contributed by atoms with E-state index >= 15 is 0 Å². The molecule has 2 aliphatic rings. The van der Waals surface area contributed by atoms with Gasteiger partial charge in [0.15, 0.2) is 11.6 Å². The molecule has 0 saturated heterocycles. The zero-order valence-corrected chi connectivity index (χ0v) is 17.2. The molecule has 1 saturated carbocycles. The molecular weight excluding hydrogens is 392 g/mol. The van der Waals surface area contributed by atoms with Gasteiger partial charge >= 0.3 is 0 Å². The summed E-state index contributed by atoms with van der Waals surface area (Å²) in [5, 5.41) is 8.63. The van der Waals surface area contributed by atoms with E-state index in [2.05, 4.69) is 42.0 Å². The molecule has 10 heteroatoms. The van der Waals surface area contributed by atoms with E-state index in [0.29, 0.717) is 17.8 Å². The minimum Gasteiger partial charge on any atom is -0.341 e. The molecular formula is C21H22N10. The van der Waals surface area contributed by atoms with Crippen molar-refractivity contribution in [2.24, 2.45) is 0 Å². The van der Waals surface area contributed by atoms with Crippen LogP contribution in [0, 0.1) is 0 Å². The number of nitrogens with zero attached hydrogens (tertiary/aromatic N) is 10. The Hall–Kier alpha value is -3.69. The molecule has 1 atom stereocenters. The standard InChI is InChI=1S/C21H22N10/c1-2-16-20-28-26-13-30(20)17-11-25-21(27-19(17)31(16)15-5-3-4-6-15)29-8-7-24-18(29)14-9-22-12-23-10-14/h7-13,15-16H,2-6H2,1H3. The highest BCUT2D eigenvalue weighted by molar-refractivity contribution is 5.63. The molecule has 0 N–H and O–H groups in total. The third-order valence-corrected chi connectivity index (χ3v) is 6.23. The summed E-state index contributed by atoms with van der Waals surface area (Å²) in [6.45, 7) is 2.20. The fourth-order valence-electron chi connectivity index (χ4n) is 4.84. The first-order valence-corrected chi connectivity index (χ1v) is 10.7. The monoisotopic (exact) mass is 414 g/mol. The van der Waals surface area contributed by atoms with Crippen LogP contribution in [0.25, 0.3) is 23.0 Å². The molecule has 5 heterocycles. The average Bonchev–Trinajstić information content (AvgIpc) is 3.59. The van der Waals surface area contributed by atoms with Gasteiger partial charge in [-0.1, -0.05) is 19.8 Å². The van der Waals surface area contributed by atoms with E-state index in [1.165, 1.54) is 32.0 Å². The topological polar surface area (TPSA) is 103 Å². The number of fused-ring (bicyclic) bond motifs is 3. The van der Waals surface area contributed by atoms with Crippen LogP contribution >= 0.6 is 0 Å². The second-order valence-electron chi connectivity index (χ2n) is 7.96. The fraction of sp³-hybridized carbons (Fsp3) is 0.381. The zero-order valence-electron chi connectivity index (χ0n) is 17.2. The first kappa shape index (κ1) is 18.1. The SMILES string of the molecule is CCC1c2nncn2-c2cnc(-n3ccnc3-c3cncnc3)nc2N1C1CCCC1. The summed E-state index contributed by atoms with van der Waals surface area (Å²) in [5.74, 6) is 3.17. The summed E-state index contributed by atoms with van der Waals surface area (Å²) in [6, 6.07) is 0.590.